The fourth-order valence-electron chi connectivity index (χ4n) is 4.11. The van der Waals surface area contributed by atoms with Crippen LogP contribution in [0.2, 0.25) is 0 Å². The highest BCUT2D eigenvalue weighted by Crippen LogP contribution is 2.45. The fourth-order valence-corrected chi connectivity index (χ4v) is 4.11. The molecule has 4 rings (SSSR count). The number of azide groups is 1. The summed E-state index contributed by atoms with van der Waals surface area (Å²) in [4.78, 5) is 20.9. The van der Waals surface area contributed by atoms with Crippen LogP contribution < -0.4 is 10.2 Å². The first-order valence-electron chi connectivity index (χ1n) is 11.3. The maximum absolute atomic E-state index is 13.3. The minimum absolute atomic E-state index is 0.0395. The van der Waals surface area contributed by atoms with Crippen molar-refractivity contribution in [3.8, 4) is 5.75 Å². The molecule has 0 aromatic heterocycles. The van der Waals surface area contributed by atoms with Gasteiger partial charge in [0.1, 0.15) is 5.75 Å². The molecule has 10 nitrogen and oxygen atoms in total. The molecule has 3 aromatic rings. The molecule has 1 aliphatic rings. The number of carbonyl (C=O) groups is 1. The fraction of sp³-hybridized carbons (Fsp3) is 0.231. The van der Waals surface area contributed by atoms with Gasteiger partial charge in [0.05, 0.1) is 6.61 Å². The zero-order valence-corrected chi connectivity index (χ0v) is 19.3. The van der Waals surface area contributed by atoms with Crippen molar-refractivity contribution in [1.29, 1.82) is 0 Å². The molecule has 36 heavy (non-hydrogen) atoms. The third-order valence-corrected chi connectivity index (χ3v) is 5.82. The number of amides is 1. The van der Waals surface area contributed by atoms with Gasteiger partial charge in [-0.15, -0.1) is 0 Å². The van der Waals surface area contributed by atoms with Crippen LogP contribution in [0.25, 0.3) is 10.4 Å². The van der Waals surface area contributed by atoms with Crippen LogP contribution in [0.4, 0.5) is 5.69 Å². The van der Waals surface area contributed by atoms with E-state index >= 15 is 0 Å². The van der Waals surface area contributed by atoms with Crippen LogP contribution in [-0.4, -0.2) is 40.9 Å². The second-order valence-electron chi connectivity index (χ2n) is 8.14. The van der Waals surface area contributed by atoms with Gasteiger partial charge in [-0.3, -0.25) is 10.0 Å². The van der Waals surface area contributed by atoms with Crippen molar-refractivity contribution in [2.75, 3.05) is 13.2 Å². The summed E-state index contributed by atoms with van der Waals surface area (Å²) in [7, 11) is 0. The Morgan fingerprint density at radius 2 is 1.83 bits per heavy atom. The van der Waals surface area contributed by atoms with Crippen molar-refractivity contribution in [2.24, 2.45) is 10.1 Å². The summed E-state index contributed by atoms with van der Waals surface area (Å²) in [5, 5.41) is 22.4. The predicted molar refractivity (Wildman–Crippen MR) is 132 cm³/mol. The maximum atomic E-state index is 13.3. The number of rotatable bonds is 10. The van der Waals surface area contributed by atoms with E-state index in [1.807, 2.05) is 30.3 Å². The Balaban J connectivity index is 1.79. The Hall–Kier alpha value is -4.37. The molecule has 0 radical (unpaired) electrons. The van der Waals surface area contributed by atoms with Gasteiger partial charge in [0.25, 0.3) is 5.91 Å². The zero-order chi connectivity index (χ0) is 25.4. The highest BCUT2D eigenvalue weighted by molar-refractivity contribution is 6.01. The Morgan fingerprint density at radius 1 is 1.11 bits per heavy atom. The van der Waals surface area contributed by atoms with E-state index in [0.717, 1.165) is 5.56 Å². The van der Waals surface area contributed by atoms with E-state index < -0.39 is 17.6 Å². The van der Waals surface area contributed by atoms with E-state index in [0.29, 0.717) is 29.9 Å². The molecule has 184 valence electrons. The zero-order valence-electron chi connectivity index (χ0n) is 19.3. The van der Waals surface area contributed by atoms with Crippen LogP contribution in [0.15, 0.2) is 89.0 Å². The molecule has 1 aliphatic heterocycles. The number of hydroxylamine groups is 1. The molecule has 3 N–H and O–H groups in total. The van der Waals surface area contributed by atoms with E-state index in [-0.39, 0.29) is 24.6 Å². The Labute approximate surface area is 207 Å². The Morgan fingerprint density at radius 3 is 2.53 bits per heavy atom. The molecule has 0 fully saturated rings. The molecule has 0 aliphatic carbocycles. The molecule has 3 aromatic carbocycles. The molecule has 1 amide bonds. The summed E-state index contributed by atoms with van der Waals surface area (Å²) in [6.45, 7) is 0.417. The van der Waals surface area contributed by atoms with Gasteiger partial charge in [0, 0.05) is 41.2 Å². The number of nitrogens with one attached hydrogen (secondary N) is 1. The smallest absolute Gasteiger partial charge is 0.275 e. The molecule has 1 heterocycles. The Bertz CT molecular complexity index is 1280. The van der Waals surface area contributed by atoms with Crippen molar-refractivity contribution in [2.45, 2.75) is 24.5 Å². The predicted octanol–water partition coefficient (Wildman–Crippen LogP) is 4.39. The summed E-state index contributed by atoms with van der Waals surface area (Å²) in [6, 6.07) is 23.0. The van der Waals surface area contributed by atoms with Gasteiger partial charge in [-0.05, 0) is 35.4 Å². The molecule has 10 heteroatoms. The third kappa shape index (κ3) is 5.16. The van der Waals surface area contributed by atoms with Gasteiger partial charge in [-0.25, -0.2) is 10.5 Å². The second-order valence-corrected chi connectivity index (χ2v) is 8.14. The molecule has 0 saturated carbocycles. The summed E-state index contributed by atoms with van der Waals surface area (Å²) in [5.74, 6) is 0.0444. The number of aliphatic hydroxyl groups is 1. The van der Waals surface area contributed by atoms with Crippen LogP contribution in [0.5, 0.6) is 5.75 Å². The molecule has 0 spiro atoms. The van der Waals surface area contributed by atoms with Gasteiger partial charge in [0.2, 0.25) is 5.90 Å². The lowest BCUT2D eigenvalue weighted by Crippen LogP contribution is -2.49. The SMILES string of the molecule is [N-]=[N+]=Nc1ccccc1[C@@H]1OC(c2ccc(OCCCO)cc2)=N[C@]1(Cc1ccccc1)C(=O)NO. The summed E-state index contributed by atoms with van der Waals surface area (Å²) in [5.41, 5.74) is 11.4. The molecular formula is C26H25N5O5. The maximum Gasteiger partial charge on any atom is 0.275 e. The van der Waals surface area contributed by atoms with Crippen LogP contribution in [-0.2, 0) is 16.0 Å². The summed E-state index contributed by atoms with van der Waals surface area (Å²) in [6.07, 6.45) is -0.370. The molecule has 0 bridgehead atoms. The lowest BCUT2D eigenvalue weighted by atomic mass is 9.81. The number of aliphatic imine (C=N–C) groups is 1. The van der Waals surface area contributed by atoms with Gasteiger partial charge in [-0.1, -0.05) is 59.7 Å². The first-order chi connectivity index (χ1) is 17.6. The highest BCUT2D eigenvalue weighted by Gasteiger charge is 2.53. The van der Waals surface area contributed by atoms with Crippen LogP contribution in [0.1, 0.15) is 29.2 Å². The molecule has 2 atom stereocenters. The van der Waals surface area contributed by atoms with Crippen molar-refractivity contribution >= 4 is 17.5 Å². The largest absolute Gasteiger partial charge is 0.494 e. The number of hydrogen-bond acceptors (Lipinski definition) is 7. The van der Waals surface area contributed by atoms with Crippen LogP contribution in [0, 0.1) is 0 Å². The van der Waals surface area contributed by atoms with Crippen LogP contribution >= 0.6 is 0 Å². The van der Waals surface area contributed by atoms with E-state index in [9.17, 15) is 10.0 Å². The third-order valence-electron chi connectivity index (χ3n) is 5.82. The van der Waals surface area contributed by atoms with E-state index in [4.69, 9.17) is 25.1 Å². The minimum Gasteiger partial charge on any atom is -0.494 e. The van der Waals surface area contributed by atoms with Gasteiger partial charge in [-0.2, -0.15) is 0 Å². The van der Waals surface area contributed by atoms with Gasteiger partial charge >= 0.3 is 0 Å². The van der Waals surface area contributed by atoms with Crippen LogP contribution in [0.3, 0.4) is 0 Å². The number of benzene rings is 3. The van der Waals surface area contributed by atoms with E-state index in [1.54, 1.807) is 54.0 Å². The first-order valence-corrected chi connectivity index (χ1v) is 11.3. The first kappa shape index (κ1) is 24.7. The number of aliphatic hydroxyl groups excluding tert-OH is 1. The second kappa shape index (κ2) is 11.4. The monoisotopic (exact) mass is 487 g/mol. The Kier molecular flexibility index (Phi) is 7.82. The number of carbonyl (C=O) groups excluding carboxylic acids is 1. The molecular weight excluding hydrogens is 462 g/mol. The lowest BCUT2D eigenvalue weighted by molar-refractivity contribution is -0.137. The van der Waals surface area contributed by atoms with E-state index in [1.165, 1.54) is 0 Å². The average Bonchev–Trinajstić information content (AvgIpc) is 3.30. The standard InChI is InChI=1S/C26H25N5O5/c27-31-29-22-10-5-4-9-21(22)23-26(25(33)30-34,17-18-7-2-1-3-8-18)28-24(36-23)19-11-13-20(14-12-19)35-16-6-15-32/h1-5,7-14,23,32,34H,6,15-17H2,(H,30,33)/t23-,26-/m0/s1. The summed E-state index contributed by atoms with van der Waals surface area (Å²) < 4.78 is 11.9. The minimum atomic E-state index is -1.59. The highest BCUT2D eigenvalue weighted by atomic mass is 16.5. The van der Waals surface area contributed by atoms with Crippen molar-refractivity contribution in [1.82, 2.24) is 5.48 Å². The van der Waals surface area contributed by atoms with E-state index in [2.05, 4.69) is 10.0 Å². The summed E-state index contributed by atoms with van der Waals surface area (Å²) >= 11 is 0. The lowest BCUT2D eigenvalue weighted by Gasteiger charge is -2.30. The molecule has 0 unspecified atom stereocenters. The van der Waals surface area contributed by atoms with Crippen molar-refractivity contribution in [3.05, 3.63) is 106 Å². The van der Waals surface area contributed by atoms with Gasteiger partial charge in [0.15, 0.2) is 11.6 Å². The topological polar surface area (TPSA) is 149 Å². The normalized spacial score (nSPS) is 18.5. The van der Waals surface area contributed by atoms with Gasteiger partial charge < -0.3 is 14.6 Å². The van der Waals surface area contributed by atoms with Crippen molar-refractivity contribution < 1.29 is 24.6 Å². The quantitative estimate of drug-likeness (QED) is 0.0968. The molecule has 0 saturated heterocycles. The number of hydrogen-bond donors (Lipinski definition) is 3. The average molecular weight is 488 g/mol. The number of nitrogens with zero attached hydrogens (tertiary/aromatic N) is 4. The van der Waals surface area contributed by atoms with Crippen molar-refractivity contribution in [3.63, 3.8) is 0 Å². The number of ether oxygens (including phenoxy) is 2.